The Hall–Kier alpha value is -2.88. The van der Waals surface area contributed by atoms with Crippen molar-refractivity contribution in [3.63, 3.8) is 0 Å². The zero-order valence-electron chi connectivity index (χ0n) is 14.3. The minimum atomic E-state index is -4.48. The fourth-order valence-electron chi connectivity index (χ4n) is 2.57. The van der Waals surface area contributed by atoms with Crippen LogP contribution in [0.3, 0.4) is 0 Å². The van der Waals surface area contributed by atoms with E-state index in [0.29, 0.717) is 17.0 Å². The number of benzene rings is 1. The fraction of sp³-hybridized carbons (Fsp3) is 0.235. The Bertz CT molecular complexity index is 1000. The van der Waals surface area contributed by atoms with Crippen molar-refractivity contribution in [2.24, 2.45) is 0 Å². The summed E-state index contributed by atoms with van der Waals surface area (Å²) >= 11 is 5.39. The molecular formula is C17H16F3N5OS. The summed E-state index contributed by atoms with van der Waals surface area (Å²) in [6, 6.07) is 8.12. The highest BCUT2D eigenvalue weighted by atomic mass is 32.1. The zero-order valence-corrected chi connectivity index (χ0v) is 15.1. The number of aromatic nitrogens is 4. The maximum atomic E-state index is 12.8. The number of rotatable bonds is 5. The highest BCUT2D eigenvalue weighted by Gasteiger charge is 2.30. The first-order valence-corrected chi connectivity index (χ1v) is 8.50. The third-order valence-electron chi connectivity index (χ3n) is 3.79. The molecule has 1 amide bonds. The Morgan fingerprint density at radius 2 is 1.93 bits per heavy atom. The largest absolute Gasteiger partial charge is 0.416 e. The predicted molar refractivity (Wildman–Crippen MR) is 95.7 cm³/mol. The van der Waals surface area contributed by atoms with Gasteiger partial charge in [0.05, 0.1) is 5.56 Å². The normalized spacial score (nSPS) is 11.6. The van der Waals surface area contributed by atoms with E-state index in [-0.39, 0.29) is 12.2 Å². The molecule has 2 aromatic heterocycles. The molecule has 3 aromatic rings. The van der Waals surface area contributed by atoms with Crippen LogP contribution in [0.1, 0.15) is 18.3 Å². The average Bonchev–Trinajstić information content (AvgIpc) is 3.22. The molecule has 2 heterocycles. The molecule has 0 saturated carbocycles. The molecule has 0 atom stereocenters. The van der Waals surface area contributed by atoms with Gasteiger partial charge in [-0.05, 0) is 42.5 Å². The van der Waals surface area contributed by atoms with Crippen molar-refractivity contribution in [3.05, 3.63) is 65.0 Å². The van der Waals surface area contributed by atoms with E-state index >= 15 is 0 Å². The van der Waals surface area contributed by atoms with E-state index in [1.54, 1.807) is 21.7 Å². The molecule has 0 spiro atoms. The van der Waals surface area contributed by atoms with E-state index < -0.39 is 17.6 Å². The van der Waals surface area contributed by atoms with Crippen LogP contribution in [-0.4, -0.2) is 25.0 Å². The highest BCUT2D eigenvalue weighted by Crippen LogP contribution is 2.30. The second-order valence-electron chi connectivity index (χ2n) is 5.71. The van der Waals surface area contributed by atoms with Crippen molar-refractivity contribution in [2.45, 2.75) is 26.1 Å². The lowest BCUT2D eigenvalue weighted by atomic mass is 10.2. The molecule has 1 aromatic carbocycles. The number of nitrogens with zero attached hydrogens (tertiary/aromatic N) is 4. The third-order valence-corrected chi connectivity index (χ3v) is 4.17. The maximum Gasteiger partial charge on any atom is 0.416 e. The van der Waals surface area contributed by atoms with Gasteiger partial charge in [0.2, 0.25) is 10.7 Å². The minimum absolute atomic E-state index is 0.0573. The summed E-state index contributed by atoms with van der Waals surface area (Å²) in [6.07, 6.45) is -0.299. The van der Waals surface area contributed by atoms with Gasteiger partial charge in [-0.25, -0.2) is 9.36 Å². The van der Waals surface area contributed by atoms with Crippen LogP contribution in [0.4, 0.5) is 18.9 Å². The minimum Gasteiger partial charge on any atom is -0.324 e. The molecule has 1 N–H and O–H groups in total. The molecule has 0 bridgehead atoms. The van der Waals surface area contributed by atoms with Crippen molar-refractivity contribution in [1.82, 2.24) is 19.1 Å². The molecule has 0 aliphatic heterocycles. The first-order valence-electron chi connectivity index (χ1n) is 8.09. The van der Waals surface area contributed by atoms with Crippen molar-refractivity contribution >= 4 is 23.8 Å². The Labute approximate surface area is 157 Å². The Morgan fingerprint density at radius 3 is 2.56 bits per heavy atom. The Morgan fingerprint density at radius 1 is 1.22 bits per heavy atom. The van der Waals surface area contributed by atoms with Crippen LogP contribution in [0.2, 0.25) is 0 Å². The number of nitrogens with one attached hydrogen (secondary N) is 1. The lowest BCUT2D eigenvalue weighted by Crippen LogP contribution is -2.20. The van der Waals surface area contributed by atoms with Gasteiger partial charge in [0.25, 0.3) is 0 Å². The first-order chi connectivity index (χ1) is 12.8. The first kappa shape index (κ1) is 18.9. The Kier molecular flexibility index (Phi) is 5.17. The van der Waals surface area contributed by atoms with Crippen LogP contribution in [-0.2, 0) is 23.9 Å². The number of amides is 1. The topological polar surface area (TPSA) is 56.8 Å². The molecule has 3 rings (SSSR count). The quantitative estimate of drug-likeness (QED) is 0.670. The van der Waals surface area contributed by atoms with Gasteiger partial charge >= 0.3 is 6.18 Å². The summed E-state index contributed by atoms with van der Waals surface area (Å²) in [4.78, 5) is 12.3. The second-order valence-corrected chi connectivity index (χ2v) is 6.08. The van der Waals surface area contributed by atoms with Crippen LogP contribution in [0, 0.1) is 4.77 Å². The number of carbonyl (C=O) groups is 1. The van der Waals surface area contributed by atoms with Crippen molar-refractivity contribution in [3.8, 4) is 0 Å². The number of hydrogen-bond acceptors (Lipinski definition) is 3. The van der Waals surface area contributed by atoms with Gasteiger partial charge in [-0.1, -0.05) is 13.0 Å². The SMILES string of the molecule is CCc1nn(CC(=O)Nc2cccc(C(F)(F)F)c2)c(=S)n1-n1cccc1. The molecule has 0 unspecified atom stereocenters. The van der Waals surface area contributed by atoms with Gasteiger partial charge in [0.15, 0.2) is 5.82 Å². The molecule has 0 saturated heterocycles. The third kappa shape index (κ3) is 4.11. The fourth-order valence-corrected chi connectivity index (χ4v) is 2.87. The number of aryl methyl sites for hydroxylation is 1. The van der Waals surface area contributed by atoms with Crippen LogP contribution in [0.5, 0.6) is 0 Å². The van der Waals surface area contributed by atoms with Crippen molar-refractivity contribution < 1.29 is 18.0 Å². The average molecular weight is 395 g/mol. The maximum absolute atomic E-state index is 12.8. The highest BCUT2D eigenvalue weighted by molar-refractivity contribution is 7.71. The lowest BCUT2D eigenvalue weighted by molar-refractivity contribution is -0.137. The number of alkyl halides is 3. The second kappa shape index (κ2) is 7.39. The molecule has 0 fully saturated rings. The zero-order chi connectivity index (χ0) is 19.6. The van der Waals surface area contributed by atoms with Crippen molar-refractivity contribution in [1.29, 1.82) is 0 Å². The van der Waals surface area contributed by atoms with Gasteiger partial charge in [0.1, 0.15) is 6.54 Å². The molecule has 6 nitrogen and oxygen atoms in total. The van der Waals surface area contributed by atoms with Gasteiger partial charge < -0.3 is 5.32 Å². The molecule has 0 radical (unpaired) electrons. The van der Waals surface area contributed by atoms with Gasteiger partial charge in [0, 0.05) is 24.5 Å². The van der Waals surface area contributed by atoms with E-state index in [1.165, 1.54) is 16.8 Å². The molecule has 0 aliphatic rings. The summed E-state index contributed by atoms with van der Waals surface area (Å²) in [7, 11) is 0. The van der Waals surface area contributed by atoms with E-state index in [4.69, 9.17) is 12.2 Å². The molecular weight excluding hydrogens is 379 g/mol. The van der Waals surface area contributed by atoms with Crippen molar-refractivity contribution in [2.75, 3.05) is 5.32 Å². The smallest absolute Gasteiger partial charge is 0.324 e. The van der Waals surface area contributed by atoms with E-state index in [2.05, 4.69) is 10.4 Å². The number of halogens is 3. The molecule has 142 valence electrons. The Balaban J connectivity index is 1.80. The number of carbonyl (C=O) groups excluding carboxylic acids is 1. The summed E-state index contributed by atoms with van der Waals surface area (Å²) in [6.45, 7) is 1.69. The van der Waals surface area contributed by atoms with Gasteiger partial charge in [-0.2, -0.15) is 18.3 Å². The van der Waals surface area contributed by atoms with Gasteiger partial charge in [-0.15, -0.1) is 0 Å². The predicted octanol–water partition coefficient (Wildman–Crippen LogP) is 3.75. The lowest BCUT2D eigenvalue weighted by Gasteiger charge is -2.10. The summed E-state index contributed by atoms with van der Waals surface area (Å²) in [5.41, 5.74) is -0.774. The monoisotopic (exact) mass is 395 g/mol. The van der Waals surface area contributed by atoms with Crippen LogP contribution < -0.4 is 5.32 Å². The number of hydrogen-bond donors (Lipinski definition) is 1. The van der Waals surface area contributed by atoms with Crippen LogP contribution in [0.15, 0.2) is 48.8 Å². The van der Waals surface area contributed by atoms with E-state index in [1.807, 2.05) is 19.1 Å². The van der Waals surface area contributed by atoms with Crippen LogP contribution >= 0.6 is 12.2 Å². The molecule has 27 heavy (non-hydrogen) atoms. The number of anilines is 1. The summed E-state index contributed by atoms with van der Waals surface area (Å²) in [5.74, 6) is 0.133. The summed E-state index contributed by atoms with van der Waals surface area (Å²) in [5, 5.41) is 6.79. The van der Waals surface area contributed by atoms with E-state index in [9.17, 15) is 18.0 Å². The molecule has 10 heteroatoms. The van der Waals surface area contributed by atoms with Crippen LogP contribution in [0.25, 0.3) is 0 Å². The van der Waals surface area contributed by atoms with E-state index in [0.717, 1.165) is 12.1 Å². The summed E-state index contributed by atoms with van der Waals surface area (Å²) < 4.78 is 43.4. The molecule has 0 aliphatic carbocycles. The van der Waals surface area contributed by atoms with Gasteiger partial charge in [-0.3, -0.25) is 9.47 Å². The standard InChI is InChI=1S/C17H16F3N5OS/c1-2-14-22-24(16(27)25(14)23-8-3-4-9-23)11-15(26)21-13-7-5-6-12(10-13)17(18,19)20/h3-10H,2,11H2,1H3,(H,21,26).